The molecule has 0 aliphatic heterocycles. The molecule has 1 aliphatic rings. The molecular formula is C11H20N2O3. The van der Waals surface area contributed by atoms with Crippen LogP contribution in [0.1, 0.15) is 32.6 Å². The van der Waals surface area contributed by atoms with Crippen molar-refractivity contribution in [3.05, 3.63) is 0 Å². The molecule has 0 aromatic carbocycles. The van der Waals surface area contributed by atoms with Crippen molar-refractivity contribution in [2.24, 2.45) is 17.6 Å². The van der Waals surface area contributed by atoms with E-state index in [1.54, 1.807) is 6.92 Å². The Labute approximate surface area is 95.4 Å². The lowest BCUT2D eigenvalue weighted by molar-refractivity contribution is -0.141. The third-order valence-corrected chi connectivity index (χ3v) is 3.15. The topological polar surface area (TPSA) is 92.4 Å². The fourth-order valence-corrected chi connectivity index (χ4v) is 1.87. The second-order valence-corrected chi connectivity index (χ2v) is 4.60. The number of carboxylic acids is 1. The molecule has 92 valence electrons. The van der Waals surface area contributed by atoms with Crippen LogP contribution >= 0.6 is 0 Å². The summed E-state index contributed by atoms with van der Waals surface area (Å²) in [6, 6.07) is 0.224. The molecule has 5 heteroatoms. The standard InChI is InChI=1S/C11H20N2O3/c1-7(11(15)16)6-13-10(14)8-2-4-9(12)5-3-8/h7-9H,2-6,12H2,1H3,(H,13,14)(H,15,16). The average Bonchev–Trinajstić information content (AvgIpc) is 2.26. The molecular weight excluding hydrogens is 208 g/mol. The molecule has 0 bridgehead atoms. The predicted molar refractivity (Wildman–Crippen MR) is 59.7 cm³/mol. The number of carbonyl (C=O) groups is 2. The van der Waals surface area contributed by atoms with E-state index in [1.165, 1.54) is 0 Å². The van der Waals surface area contributed by atoms with Crippen molar-refractivity contribution in [1.82, 2.24) is 5.32 Å². The molecule has 1 unspecified atom stereocenters. The Hall–Kier alpha value is -1.10. The van der Waals surface area contributed by atoms with Gasteiger partial charge in [-0.3, -0.25) is 9.59 Å². The summed E-state index contributed by atoms with van der Waals surface area (Å²) in [6.45, 7) is 1.79. The third-order valence-electron chi connectivity index (χ3n) is 3.15. The Kier molecular flexibility index (Phi) is 4.73. The van der Waals surface area contributed by atoms with E-state index < -0.39 is 11.9 Å². The van der Waals surface area contributed by atoms with Crippen LogP contribution in [-0.2, 0) is 9.59 Å². The van der Waals surface area contributed by atoms with Gasteiger partial charge >= 0.3 is 5.97 Å². The summed E-state index contributed by atoms with van der Waals surface area (Å²) >= 11 is 0. The highest BCUT2D eigenvalue weighted by molar-refractivity contribution is 5.79. The third kappa shape index (κ3) is 3.81. The summed E-state index contributed by atoms with van der Waals surface area (Å²) in [5.41, 5.74) is 5.75. The largest absolute Gasteiger partial charge is 0.481 e. The van der Waals surface area contributed by atoms with Gasteiger partial charge in [-0.05, 0) is 25.7 Å². The summed E-state index contributed by atoms with van der Waals surface area (Å²) < 4.78 is 0. The lowest BCUT2D eigenvalue weighted by Gasteiger charge is -2.25. The Morgan fingerprint density at radius 1 is 1.38 bits per heavy atom. The number of nitrogens with two attached hydrogens (primary N) is 1. The summed E-state index contributed by atoms with van der Waals surface area (Å²) in [4.78, 5) is 22.3. The van der Waals surface area contributed by atoms with E-state index in [0.29, 0.717) is 0 Å². The average molecular weight is 228 g/mol. The van der Waals surface area contributed by atoms with Crippen molar-refractivity contribution in [3.8, 4) is 0 Å². The molecule has 0 heterocycles. The monoisotopic (exact) mass is 228 g/mol. The zero-order chi connectivity index (χ0) is 12.1. The number of hydrogen-bond donors (Lipinski definition) is 3. The van der Waals surface area contributed by atoms with Gasteiger partial charge < -0.3 is 16.2 Å². The SMILES string of the molecule is CC(CNC(=O)C1CCC(N)CC1)C(=O)O. The molecule has 0 aromatic rings. The maximum atomic E-state index is 11.7. The maximum absolute atomic E-state index is 11.7. The zero-order valence-corrected chi connectivity index (χ0v) is 9.61. The van der Waals surface area contributed by atoms with E-state index in [9.17, 15) is 9.59 Å². The molecule has 1 fully saturated rings. The van der Waals surface area contributed by atoms with Gasteiger partial charge in [0, 0.05) is 18.5 Å². The molecule has 0 radical (unpaired) electrons. The van der Waals surface area contributed by atoms with Gasteiger partial charge in [-0.2, -0.15) is 0 Å². The molecule has 16 heavy (non-hydrogen) atoms. The molecule has 0 spiro atoms. The van der Waals surface area contributed by atoms with Crippen LogP contribution in [0.25, 0.3) is 0 Å². The zero-order valence-electron chi connectivity index (χ0n) is 9.61. The normalized spacial score (nSPS) is 27.1. The van der Waals surface area contributed by atoms with Crippen molar-refractivity contribution >= 4 is 11.9 Å². The molecule has 1 atom stereocenters. The van der Waals surface area contributed by atoms with Crippen LogP contribution in [0, 0.1) is 11.8 Å². The summed E-state index contributed by atoms with van der Waals surface area (Å²) in [7, 11) is 0. The Bertz CT molecular complexity index is 260. The molecule has 0 aromatic heterocycles. The van der Waals surface area contributed by atoms with Crippen molar-refractivity contribution in [1.29, 1.82) is 0 Å². The van der Waals surface area contributed by atoms with Crippen LogP contribution in [-0.4, -0.2) is 29.6 Å². The van der Waals surface area contributed by atoms with E-state index in [2.05, 4.69) is 5.32 Å². The highest BCUT2D eigenvalue weighted by Crippen LogP contribution is 2.23. The summed E-state index contributed by atoms with van der Waals surface area (Å²) in [5, 5.41) is 11.4. The van der Waals surface area contributed by atoms with Crippen molar-refractivity contribution in [2.75, 3.05) is 6.54 Å². The van der Waals surface area contributed by atoms with Gasteiger partial charge in [-0.25, -0.2) is 0 Å². The second kappa shape index (κ2) is 5.84. The Morgan fingerprint density at radius 3 is 2.44 bits per heavy atom. The van der Waals surface area contributed by atoms with E-state index in [4.69, 9.17) is 10.8 Å². The summed E-state index contributed by atoms with van der Waals surface area (Å²) in [5.74, 6) is -1.43. The molecule has 1 amide bonds. The van der Waals surface area contributed by atoms with Gasteiger partial charge in [0.05, 0.1) is 5.92 Å². The van der Waals surface area contributed by atoms with E-state index in [-0.39, 0.29) is 24.4 Å². The quantitative estimate of drug-likeness (QED) is 0.647. The van der Waals surface area contributed by atoms with Crippen molar-refractivity contribution in [3.63, 3.8) is 0 Å². The molecule has 1 aliphatic carbocycles. The lowest BCUT2D eigenvalue weighted by atomic mass is 9.86. The minimum absolute atomic E-state index is 0.0146. The number of carbonyl (C=O) groups excluding carboxylic acids is 1. The number of aliphatic carboxylic acids is 1. The fraction of sp³-hybridized carbons (Fsp3) is 0.818. The first-order chi connectivity index (χ1) is 7.50. The number of hydrogen-bond acceptors (Lipinski definition) is 3. The highest BCUT2D eigenvalue weighted by atomic mass is 16.4. The Morgan fingerprint density at radius 2 is 1.94 bits per heavy atom. The van der Waals surface area contributed by atoms with Gasteiger partial charge in [0.25, 0.3) is 0 Å². The van der Waals surface area contributed by atoms with E-state index in [0.717, 1.165) is 25.7 Å². The van der Waals surface area contributed by atoms with Gasteiger partial charge in [0.15, 0.2) is 0 Å². The van der Waals surface area contributed by atoms with Crippen LogP contribution < -0.4 is 11.1 Å². The number of rotatable bonds is 4. The molecule has 4 N–H and O–H groups in total. The lowest BCUT2D eigenvalue weighted by Crippen LogP contribution is -2.38. The van der Waals surface area contributed by atoms with Crippen LogP contribution in [0.2, 0.25) is 0 Å². The van der Waals surface area contributed by atoms with E-state index in [1.807, 2.05) is 0 Å². The van der Waals surface area contributed by atoms with Crippen LogP contribution in [0.3, 0.4) is 0 Å². The van der Waals surface area contributed by atoms with Gasteiger partial charge in [-0.15, -0.1) is 0 Å². The van der Waals surface area contributed by atoms with Gasteiger partial charge in [0.2, 0.25) is 5.91 Å². The first kappa shape index (κ1) is 13.0. The molecule has 1 saturated carbocycles. The minimum atomic E-state index is -0.883. The fourth-order valence-electron chi connectivity index (χ4n) is 1.87. The number of nitrogens with one attached hydrogen (secondary N) is 1. The van der Waals surface area contributed by atoms with Crippen LogP contribution in [0.5, 0.6) is 0 Å². The summed E-state index contributed by atoms with van der Waals surface area (Å²) in [6.07, 6.45) is 3.39. The smallest absolute Gasteiger partial charge is 0.308 e. The van der Waals surface area contributed by atoms with Gasteiger partial charge in [0.1, 0.15) is 0 Å². The predicted octanol–water partition coefficient (Wildman–Crippen LogP) is 0.341. The number of amides is 1. The first-order valence-electron chi connectivity index (χ1n) is 5.76. The highest BCUT2D eigenvalue weighted by Gasteiger charge is 2.24. The van der Waals surface area contributed by atoms with Crippen molar-refractivity contribution < 1.29 is 14.7 Å². The minimum Gasteiger partial charge on any atom is -0.481 e. The first-order valence-corrected chi connectivity index (χ1v) is 5.76. The van der Waals surface area contributed by atoms with Crippen molar-refractivity contribution in [2.45, 2.75) is 38.6 Å². The maximum Gasteiger partial charge on any atom is 0.308 e. The van der Waals surface area contributed by atoms with Crippen LogP contribution in [0.4, 0.5) is 0 Å². The number of carboxylic acid groups (broad SMARTS) is 1. The van der Waals surface area contributed by atoms with Crippen LogP contribution in [0.15, 0.2) is 0 Å². The van der Waals surface area contributed by atoms with Gasteiger partial charge in [-0.1, -0.05) is 6.92 Å². The Balaban J connectivity index is 2.27. The molecule has 0 saturated heterocycles. The molecule has 1 rings (SSSR count). The second-order valence-electron chi connectivity index (χ2n) is 4.60. The van der Waals surface area contributed by atoms with E-state index >= 15 is 0 Å². The molecule has 5 nitrogen and oxygen atoms in total.